The second-order valence-corrected chi connectivity index (χ2v) is 4.90. The molecule has 0 aliphatic rings. The molecule has 0 fully saturated rings. The van der Waals surface area contributed by atoms with E-state index < -0.39 is 0 Å². The molecule has 0 aliphatic carbocycles. The largest absolute Gasteiger partial charge is 0.455 e. The highest BCUT2D eigenvalue weighted by Gasteiger charge is 2.15. The number of hydrogen-bond acceptors (Lipinski definition) is 4. The molecule has 0 unspecified atom stereocenters. The van der Waals surface area contributed by atoms with Gasteiger partial charge in [0.2, 0.25) is 0 Å². The molecule has 0 bridgehead atoms. The van der Waals surface area contributed by atoms with Crippen molar-refractivity contribution in [3.8, 4) is 11.3 Å². The first-order valence-corrected chi connectivity index (χ1v) is 6.78. The lowest BCUT2D eigenvalue weighted by Crippen LogP contribution is -1.88. The molecule has 4 nitrogen and oxygen atoms in total. The van der Waals surface area contributed by atoms with Crippen molar-refractivity contribution >= 4 is 17.3 Å². The van der Waals surface area contributed by atoms with E-state index in [0.717, 1.165) is 11.8 Å². The van der Waals surface area contributed by atoms with Crippen molar-refractivity contribution in [1.82, 2.24) is 0 Å². The first kappa shape index (κ1) is 14.1. The maximum absolute atomic E-state index is 13.0. The molecule has 3 aromatic rings. The smallest absolute Gasteiger partial charge is 0.154 e. The molecule has 0 radical (unpaired) electrons. The summed E-state index contributed by atoms with van der Waals surface area (Å²) < 4.78 is 18.8. The fourth-order valence-corrected chi connectivity index (χ4v) is 2.42. The summed E-state index contributed by atoms with van der Waals surface area (Å²) >= 11 is 0. The second-order valence-electron chi connectivity index (χ2n) is 4.90. The summed E-state index contributed by atoms with van der Waals surface area (Å²) in [7, 11) is 0. The van der Waals surface area contributed by atoms with E-state index in [2.05, 4.69) is 5.18 Å². The van der Waals surface area contributed by atoms with Gasteiger partial charge >= 0.3 is 0 Å². The maximum atomic E-state index is 13.0. The molecule has 2 aromatic carbocycles. The number of benzene rings is 2. The Kier molecular flexibility index (Phi) is 3.78. The number of nitroso groups, excluding NO2 is 1. The normalized spacial score (nSPS) is 10.8. The van der Waals surface area contributed by atoms with Crippen LogP contribution in [0.1, 0.15) is 15.9 Å². The third kappa shape index (κ3) is 2.53. The lowest BCUT2D eigenvalue weighted by molar-refractivity contribution is 0.112. The lowest BCUT2D eigenvalue weighted by atomic mass is 10.0. The van der Waals surface area contributed by atoms with Crippen LogP contribution in [-0.4, -0.2) is 12.8 Å². The van der Waals surface area contributed by atoms with Crippen LogP contribution >= 0.6 is 0 Å². The van der Waals surface area contributed by atoms with E-state index in [1.807, 2.05) is 6.07 Å². The van der Waals surface area contributed by atoms with E-state index in [4.69, 9.17) is 4.42 Å². The summed E-state index contributed by atoms with van der Waals surface area (Å²) in [4.78, 5) is 21.6. The molecule has 5 heteroatoms. The number of rotatable bonds is 5. The summed E-state index contributed by atoms with van der Waals surface area (Å²) in [5.41, 5.74) is 2.53. The average molecular weight is 297 g/mol. The van der Waals surface area contributed by atoms with E-state index in [0.29, 0.717) is 34.3 Å². The quantitative estimate of drug-likeness (QED) is 0.519. The Labute approximate surface area is 125 Å². The molecule has 0 atom stereocenters. The van der Waals surface area contributed by atoms with E-state index in [-0.39, 0.29) is 12.4 Å². The van der Waals surface area contributed by atoms with Crippen molar-refractivity contribution in [1.29, 1.82) is 0 Å². The summed E-state index contributed by atoms with van der Waals surface area (Å²) in [5, 5.41) is 3.53. The zero-order valence-electron chi connectivity index (χ0n) is 11.6. The second kappa shape index (κ2) is 5.89. The molecular weight excluding hydrogens is 285 g/mol. The Balaban J connectivity index is 2.12. The van der Waals surface area contributed by atoms with Gasteiger partial charge < -0.3 is 4.42 Å². The van der Waals surface area contributed by atoms with Gasteiger partial charge in [-0.2, -0.15) is 4.91 Å². The molecule has 3 rings (SSSR count). The predicted molar refractivity (Wildman–Crippen MR) is 81.4 cm³/mol. The molecule has 0 N–H and O–H groups in total. The highest BCUT2D eigenvalue weighted by Crippen LogP contribution is 2.33. The van der Waals surface area contributed by atoms with E-state index in [1.54, 1.807) is 24.3 Å². The Morgan fingerprint density at radius 1 is 1.14 bits per heavy atom. The fourth-order valence-electron chi connectivity index (χ4n) is 2.42. The highest BCUT2D eigenvalue weighted by molar-refractivity contribution is 6.02. The van der Waals surface area contributed by atoms with Gasteiger partial charge in [-0.1, -0.05) is 17.3 Å². The number of carbonyl (C=O) groups excluding carboxylic acids is 1. The van der Waals surface area contributed by atoms with Crippen LogP contribution in [0.15, 0.2) is 52.1 Å². The summed E-state index contributed by atoms with van der Waals surface area (Å²) in [5.74, 6) is 0.0619. The number of hydrogen-bond donors (Lipinski definition) is 0. The van der Waals surface area contributed by atoms with E-state index in [1.165, 1.54) is 12.1 Å². The Morgan fingerprint density at radius 3 is 2.59 bits per heavy atom. The van der Waals surface area contributed by atoms with Crippen LogP contribution in [0.4, 0.5) is 4.39 Å². The highest BCUT2D eigenvalue weighted by atomic mass is 19.1. The lowest BCUT2D eigenvalue weighted by Gasteiger charge is -1.97. The SMILES string of the molecule is O=Cc1c(-c2ccc(F)cc2)oc2cc(CCN=O)ccc12. The van der Waals surface area contributed by atoms with Gasteiger partial charge in [0.1, 0.15) is 17.2 Å². The monoisotopic (exact) mass is 297 g/mol. The van der Waals surface area contributed by atoms with Gasteiger partial charge in [0.15, 0.2) is 6.29 Å². The van der Waals surface area contributed by atoms with Gasteiger partial charge in [0, 0.05) is 10.9 Å². The van der Waals surface area contributed by atoms with Crippen molar-refractivity contribution < 1.29 is 13.6 Å². The number of fused-ring (bicyclic) bond motifs is 1. The topological polar surface area (TPSA) is 59.6 Å². The number of carbonyl (C=O) groups is 1. The van der Waals surface area contributed by atoms with E-state index in [9.17, 15) is 14.1 Å². The number of nitrogens with zero attached hydrogens (tertiary/aromatic N) is 1. The average Bonchev–Trinajstić information content (AvgIpc) is 2.91. The van der Waals surface area contributed by atoms with Gasteiger partial charge in [-0.25, -0.2) is 4.39 Å². The van der Waals surface area contributed by atoms with Gasteiger partial charge in [0.05, 0.1) is 12.1 Å². The van der Waals surface area contributed by atoms with E-state index >= 15 is 0 Å². The maximum Gasteiger partial charge on any atom is 0.154 e. The Hall–Kier alpha value is -2.82. The number of aldehydes is 1. The van der Waals surface area contributed by atoms with Crippen LogP contribution in [0.5, 0.6) is 0 Å². The molecule has 1 aromatic heterocycles. The van der Waals surface area contributed by atoms with Gasteiger partial charge in [-0.15, -0.1) is 0 Å². The third-order valence-electron chi connectivity index (χ3n) is 3.51. The van der Waals surface area contributed by atoms with Gasteiger partial charge in [-0.05, 0) is 42.3 Å². The third-order valence-corrected chi connectivity index (χ3v) is 3.51. The van der Waals surface area contributed by atoms with Gasteiger partial charge in [-0.3, -0.25) is 4.79 Å². The molecule has 0 spiro atoms. The molecule has 0 aliphatic heterocycles. The fraction of sp³-hybridized carbons (Fsp3) is 0.118. The number of halogens is 1. The minimum Gasteiger partial charge on any atom is -0.455 e. The molecule has 0 saturated carbocycles. The minimum atomic E-state index is -0.351. The summed E-state index contributed by atoms with van der Waals surface area (Å²) in [6.45, 7) is 0.192. The first-order valence-electron chi connectivity index (χ1n) is 6.78. The predicted octanol–water partition coefficient (Wildman–Crippen LogP) is 4.36. The van der Waals surface area contributed by atoms with Crippen molar-refractivity contribution in [2.24, 2.45) is 5.18 Å². The van der Waals surface area contributed by atoms with Crippen molar-refractivity contribution in [3.63, 3.8) is 0 Å². The molecule has 0 saturated heterocycles. The minimum absolute atomic E-state index is 0.192. The number of furan rings is 1. The van der Waals surface area contributed by atoms with Gasteiger partial charge in [0.25, 0.3) is 0 Å². The van der Waals surface area contributed by atoms with Crippen LogP contribution in [0, 0.1) is 10.7 Å². The Bertz CT molecular complexity index is 837. The zero-order chi connectivity index (χ0) is 15.5. The van der Waals surface area contributed by atoms with Crippen molar-refractivity contribution in [2.75, 3.05) is 6.54 Å². The molecule has 22 heavy (non-hydrogen) atoms. The molecule has 110 valence electrons. The molecule has 0 amide bonds. The Morgan fingerprint density at radius 2 is 1.91 bits per heavy atom. The summed E-state index contributed by atoms with van der Waals surface area (Å²) in [6.07, 6.45) is 1.25. The van der Waals surface area contributed by atoms with Crippen LogP contribution in [0.25, 0.3) is 22.3 Å². The van der Waals surface area contributed by atoms with Crippen LogP contribution in [0.3, 0.4) is 0 Å². The summed E-state index contributed by atoms with van der Waals surface area (Å²) in [6, 6.07) is 11.2. The molecular formula is C17H12FNO3. The standard InChI is InChI=1S/C17H12FNO3/c18-13-4-2-12(3-5-13)17-15(10-20)14-6-1-11(7-8-19-21)9-16(14)22-17/h1-6,9-10H,7-8H2. The van der Waals surface area contributed by atoms with Crippen LogP contribution in [0.2, 0.25) is 0 Å². The zero-order valence-corrected chi connectivity index (χ0v) is 11.6. The van der Waals surface area contributed by atoms with Crippen LogP contribution in [-0.2, 0) is 6.42 Å². The van der Waals surface area contributed by atoms with Crippen molar-refractivity contribution in [2.45, 2.75) is 6.42 Å². The molecule has 1 heterocycles. The van der Waals surface area contributed by atoms with Crippen molar-refractivity contribution in [3.05, 3.63) is 64.3 Å². The first-order chi connectivity index (χ1) is 10.7. The van der Waals surface area contributed by atoms with Crippen LogP contribution < -0.4 is 0 Å².